The Bertz CT molecular complexity index is 1250. The van der Waals surface area contributed by atoms with E-state index in [0.29, 0.717) is 29.7 Å². The summed E-state index contributed by atoms with van der Waals surface area (Å²) in [5.41, 5.74) is 3.93. The van der Waals surface area contributed by atoms with Gasteiger partial charge in [-0.15, -0.1) is 0 Å². The van der Waals surface area contributed by atoms with E-state index in [-0.39, 0.29) is 18.6 Å². The van der Waals surface area contributed by atoms with E-state index in [1.54, 1.807) is 12.0 Å². The van der Waals surface area contributed by atoms with Gasteiger partial charge in [-0.3, -0.25) is 14.5 Å². The van der Waals surface area contributed by atoms with Gasteiger partial charge in [0.1, 0.15) is 12.1 Å². The lowest BCUT2D eigenvalue weighted by atomic mass is 9.45. The lowest BCUT2D eigenvalue weighted by Crippen LogP contribution is -2.62. The van der Waals surface area contributed by atoms with Gasteiger partial charge >= 0.3 is 0 Å². The number of hydrogen-bond donors (Lipinski definition) is 3. The predicted octanol–water partition coefficient (Wildman–Crippen LogP) is 3.95. The second kappa shape index (κ2) is 14.6. The first-order valence-corrected chi connectivity index (χ1v) is 17.0. The molecule has 8 nitrogen and oxygen atoms in total. The van der Waals surface area contributed by atoms with Gasteiger partial charge < -0.3 is 20.4 Å². The molecule has 0 unspecified atom stereocenters. The summed E-state index contributed by atoms with van der Waals surface area (Å²) in [5.74, 6) is 1.01. The van der Waals surface area contributed by atoms with Crippen molar-refractivity contribution in [2.45, 2.75) is 84.3 Å². The largest absolute Gasteiger partial charge is 0.394 e. The molecular formula is C37H56N4O4. The molecule has 2 bridgehead atoms. The molecule has 248 valence electrons. The number of hydrogen-bond acceptors (Lipinski definition) is 7. The summed E-state index contributed by atoms with van der Waals surface area (Å²) in [6.45, 7) is 12.6. The number of benzene rings is 2. The lowest BCUT2D eigenvalue weighted by Gasteiger charge is -2.62. The molecule has 0 radical (unpaired) electrons. The maximum absolute atomic E-state index is 14.0. The Morgan fingerprint density at radius 3 is 2.40 bits per heavy atom. The Labute approximate surface area is 270 Å². The van der Waals surface area contributed by atoms with Gasteiger partial charge in [-0.25, -0.2) is 0 Å². The van der Waals surface area contributed by atoms with E-state index in [1.807, 2.05) is 0 Å². The Kier molecular flexibility index (Phi) is 11.0. The summed E-state index contributed by atoms with van der Waals surface area (Å²) in [6, 6.07) is 18.6. The third-order valence-corrected chi connectivity index (χ3v) is 11.2. The number of aliphatic hydroxyl groups is 2. The molecule has 3 N–H and O–H groups in total. The molecule has 8 heteroatoms. The number of carbonyl (C=O) groups excluding carboxylic acids is 1. The van der Waals surface area contributed by atoms with Crippen LogP contribution in [0.2, 0.25) is 0 Å². The average Bonchev–Trinajstić information content (AvgIpc) is 3.38. The first kappa shape index (κ1) is 34.0. The molecule has 3 saturated carbocycles. The van der Waals surface area contributed by atoms with Gasteiger partial charge in [-0.05, 0) is 80.1 Å². The van der Waals surface area contributed by atoms with Crippen LogP contribution in [0, 0.1) is 29.1 Å². The minimum absolute atomic E-state index is 0.111. The number of nitrogens with one attached hydrogen (secondary N) is 1. The fourth-order valence-corrected chi connectivity index (χ4v) is 8.29. The SMILES string of the molecule is C[C@@H]1[C@@H](NC(=O)[C@@H]2[C@H]([C@H](C)O)[C@H](CO)ON2Cc2cccc(CN(CCc3ccccc3)CCN(C)C)c2)C[C@@H]2C[C@H]1C2(C)C. The van der Waals surface area contributed by atoms with E-state index >= 15 is 0 Å². The van der Waals surface area contributed by atoms with Crippen molar-refractivity contribution in [3.8, 4) is 0 Å². The number of aliphatic hydroxyl groups excluding tert-OH is 2. The molecule has 2 aromatic rings. The van der Waals surface area contributed by atoms with Crippen LogP contribution in [-0.4, -0.2) is 95.6 Å². The number of rotatable bonds is 14. The van der Waals surface area contributed by atoms with Crippen molar-refractivity contribution in [2.24, 2.45) is 29.1 Å². The van der Waals surface area contributed by atoms with Crippen LogP contribution in [-0.2, 0) is 29.1 Å². The fraction of sp³-hybridized carbons (Fsp3) is 0.649. The topological polar surface area (TPSA) is 88.5 Å². The Morgan fingerprint density at radius 1 is 1.04 bits per heavy atom. The molecule has 4 fully saturated rings. The zero-order valence-electron chi connectivity index (χ0n) is 28.2. The van der Waals surface area contributed by atoms with Crippen LogP contribution in [0.3, 0.4) is 0 Å². The quantitative estimate of drug-likeness (QED) is 0.295. The predicted molar refractivity (Wildman–Crippen MR) is 178 cm³/mol. The zero-order valence-corrected chi connectivity index (χ0v) is 28.2. The van der Waals surface area contributed by atoms with Crippen LogP contribution < -0.4 is 5.32 Å². The third-order valence-electron chi connectivity index (χ3n) is 11.2. The first-order chi connectivity index (χ1) is 21.5. The number of likely N-dealkylation sites (N-methyl/N-ethyl adjacent to an activating group) is 1. The molecule has 6 rings (SSSR count). The van der Waals surface area contributed by atoms with Crippen LogP contribution in [0.25, 0.3) is 0 Å². The molecule has 0 aromatic heterocycles. The highest BCUT2D eigenvalue weighted by atomic mass is 16.7. The van der Waals surface area contributed by atoms with Gasteiger partial charge in [0.25, 0.3) is 0 Å². The van der Waals surface area contributed by atoms with E-state index in [4.69, 9.17) is 4.84 Å². The van der Waals surface area contributed by atoms with Crippen molar-refractivity contribution >= 4 is 5.91 Å². The second-order valence-corrected chi connectivity index (χ2v) is 14.9. The molecule has 45 heavy (non-hydrogen) atoms. The molecule has 8 atom stereocenters. The molecule has 0 spiro atoms. The summed E-state index contributed by atoms with van der Waals surface area (Å²) in [5, 5.41) is 26.1. The molecule has 1 heterocycles. The molecule has 1 saturated heterocycles. The molecule has 4 aliphatic rings. The van der Waals surface area contributed by atoms with E-state index in [1.165, 1.54) is 17.5 Å². The highest BCUT2D eigenvalue weighted by molar-refractivity contribution is 5.82. The molecule has 3 aliphatic carbocycles. The average molecular weight is 621 g/mol. The van der Waals surface area contributed by atoms with Crippen LogP contribution in [0.4, 0.5) is 0 Å². The highest BCUT2D eigenvalue weighted by Gasteiger charge is 2.57. The number of carbonyl (C=O) groups is 1. The van der Waals surface area contributed by atoms with Crippen molar-refractivity contribution in [2.75, 3.05) is 40.3 Å². The minimum Gasteiger partial charge on any atom is -0.394 e. The number of amides is 1. The standard InChI is InChI=1S/C37H56N4O4/c1-25-31-20-30(37(31,3)4)21-32(25)38-36(44)35-34(26(2)43)33(24-42)45-41(35)23-29-14-10-13-28(19-29)22-40(18-17-39(5)6)16-15-27-11-8-7-9-12-27/h7-14,19,25-26,30-35,42-43H,15-18,20-24H2,1-6H3,(H,38,44)/t25-,26-,30-,31+,32-,33-,34+,35-/m0/s1. The van der Waals surface area contributed by atoms with Crippen LogP contribution >= 0.6 is 0 Å². The first-order valence-electron chi connectivity index (χ1n) is 17.0. The van der Waals surface area contributed by atoms with Crippen molar-refractivity contribution in [1.82, 2.24) is 20.2 Å². The summed E-state index contributed by atoms with van der Waals surface area (Å²) < 4.78 is 0. The number of nitrogens with zero attached hydrogens (tertiary/aromatic N) is 3. The van der Waals surface area contributed by atoms with Crippen molar-refractivity contribution in [3.63, 3.8) is 0 Å². The van der Waals surface area contributed by atoms with E-state index in [2.05, 4.69) is 105 Å². The summed E-state index contributed by atoms with van der Waals surface area (Å²) in [4.78, 5) is 24.9. The molecule has 1 aliphatic heterocycles. The van der Waals surface area contributed by atoms with Gasteiger partial charge in [0.15, 0.2) is 0 Å². The zero-order chi connectivity index (χ0) is 32.3. The monoisotopic (exact) mass is 620 g/mol. The lowest BCUT2D eigenvalue weighted by molar-refractivity contribution is -0.183. The van der Waals surface area contributed by atoms with E-state index < -0.39 is 24.2 Å². The van der Waals surface area contributed by atoms with Crippen molar-refractivity contribution in [3.05, 3.63) is 71.3 Å². The minimum atomic E-state index is -0.805. The fourth-order valence-electron chi connectivity index (χ4n) is 8.29. The maximum Gasteiger partial charge on any atom is 0.240 e. The normalized spacial score (nSPS) is 30.0. The third kappa shape index (κ3) is 7.80. The smallest absolute Gasteiger partial charge is 0.240 e. The molecule has 2 aromatic carbocycles. The van der Waals surface area contributed by atoms with Crippen LogP contribution in [0.5, 0.6) is 0 Å². The summed E-state index contributed by atoms with van der Waals surface area (Å²) in [7, 11) is 4.22. The molecular weight excluding hydrogens is 564 g/mol. The number of hydroxylamine groups is 2. The van der Waals surface area contributed by atoms with E-state index in [9.17, 15) is 15.0 Å². The van der Waals surface area contributed by atoms with Crippen LogP contribution in [0.1, 0.15) is 57.2 Å². The summed E-state index contributed by atoms with van der Waals surface area (Å²) >= 11 is 0. The maximum atomic E-state index is 14.0. The highest BCUT2D eigenvalue weighted by Crippen LogP contribution is 2.61. The van der Waals surface area contributed by atoms with Gasteiger partial charge in [0, 0.05) is 38.1 Å². The van der Waals surface area contributed by atoms with Gasteiger partial charge in [-0.1, -0.05) is 75.4 Å². The van der Waals surface area contributed by atoms with Gasteiger partial charge in [0.05, 0.1) is 19.3 Å². The Morgan fingerprint density at radius 2 is 1.76 bits per heavy atom. The van der Waals surface area contributed by atoms with Gasteiger partial charge in [0.2, 0.25) is 5.91 Å². The van der Waals surface area contributed by atoms with Crippen molar-refractivity contribution < 1.29 is 19.8 Å². The van der Waals surface area contributed by atoms with Crippen LogP contribution in [0.15, 0.2) is 54.6 Å². The summed E-state index contributed by atoms with van der Waals surface area (Å²) in [6.07, 6.45) is 1.79. The van der Waals surface area contributed by atoms with Gasteiger partial charge in [-0.2, -0.15) is 5.06 Å². The second-order valence-electron chi connectivity index (χ2n) is 14.9. The number of fused-ring (bicyclic) bond motifs is 2. The Hall–Kier alpha value is -2.33. The Balaban J connectivity index is 1.28. The molecule has 1 amide bonds. The van der Waals surface area contributed by atoms with E-state index in [0.717, 1.165) is 44.6 Å². The van der Waals surface area contributed by atoms with Crippen molar-refractivity contribution in [1.29, 1.82) is 0 Å².